The first kappa shape index (κ1) is 11.0. The smallest absolute Gasteiger partial charge is 0.153 e. The van der Waals surface area contributed by atoms with Crippen molar-refractivity contribution < 1.29 is 8.42 Å². The van der Waals surface area contributed by atoms with Gasteiger partial charge in [0.15, 0.2) is 9.84 Å². The third-order valence-corrected chi connectivity index (χ3v) is 5.38. The summed E-state index contributed by atoms with van der Waals surface area (Å²) in [6, 6.07) is 0. The molecule has 0 bridgehead atoms. The molecule has 1 aliphatic rings. The van der Waals surface area contributed by atoms with Crippen LogP contribution < -0.4 is 5.73 Å². The molecule has 0 aromatic carbocycles. The van der Waals surface area contributed by atoms with Crippen molar-refractivity contribution >= 4 is 9.84 Å². The van der Waals surface area contributed by atoms with Gasteiger partial charge >= 0.3 is 0 Å². The summed E-state index contributed by atoms with van der Waals surface area (Å²) in [4.78, 5) is 0. The molecule has 2 N–H and O–H groups in total. The van der Waals surface area contributed by atoms with Gasteiger partial charge in [0, 0.05) is 0 Å². The molecule has 0 saturated heterocycles. The van der Waals surface area contributed by atoms with Crippen LogP contribution in [0.3, 0.4) is 0 Å². The molecule has 1 aliphatic carbocycles. The van der Waals surface area contributed by atoms with Gasteiger partial charge in [-0.25, -0.2) is 8.42 Å². The first-order valence-corrected chi connectivity index (χ1v) is 6.50. The first-order valence-electron chi connectivity index (χ1n) is 4.79. The molecule has 78 valence electrons. The van der Waals surface area contributed by atoms with Crippen molar-refractivity contribution in [2.24, 2.45) is 11.1 Å². The third kappa shape index (κ3) is 2.68. The van der Waals surface area contributed by atoms with Gasteiger partial charge in [0.25, 0.3) is 0 Å². The maximum absolute atomic E-state index is 11.7. The summed E-state index contributed by atoms with van der Waals surface area (Å²) in [5.41, 5.74) is 5.24. The Morgan fingerprint density at radius 1 is 1.38 bits per heavy atom. The first-order chi connectivity index (χ1) is 5.87. The summed E-state index contributed by atoms with van der Waals surface area (Å²) >= 11 is 0. The van der Waals surface area contributed by atoms with Crippen LogP contribution in [-0.2, 0) is 9.84 Å². The summed E-state index contributed by atoms with van der Waals surface area (Å²) in [6.07, 6.45) is 2.76. The molecule has 0 aromatic heterocycles. The van der Waals surface area contributed by atoms with Crippen LogP contribution in [0, 0.1) is 5.41 Å². The molecular weight excluding hydrogens is 186 g/mol. The molecule has 1 saturated carbocycles. The van der Waals surface area contributed by atoms with Crippen molar-refractivity contribution in [1.29, 1.82) is 0 Å². The van der Waals surface area contributed by atoms with Gasteiger partial charge in [-0.05, 0) is 24.8 Å². The quantitative estimate of drug-likeness (QED) is 0.743. The van der Waals surface area contributed by atoms with E-state index < -0.39 is 9.84 Å². The lowest BCUT2D eigenvalue weighted by molar-refractivity contribution is 0.410. The van der Waals surface area contributed by atoms with Gasteiger partial charge < -0.3 is 5.73 Å². The van der Waals surface area contributed by atoms with Crippen LogP contribution in [0.25, 0.3) is 0 Å². The Morgan fingerprint density at radius 3 is 2.23 bits per heavy atom. The van der Waals surface area contributed by atoms with E-state index in [4.69, 9.17) is 5.73 Å². The van der Waals surface area contributed by atoms with Gasteiger partial charge in [-0.15, -0.1) is 0 Å². The van der Waals surface area contributed by atoms with Crippen LogP contribution in [-0.4, -0.2) is 26.0 Å². The molecule has 0 spiro atoms. The highest BCUT2D eigenvalue weighted by molar-refractivity contribution is 7.92. The summed E-state index contributed by atoms with van der Waals surface area (Å²) in [5.74, 6) is 0.237. The maximum Gasteiger partial charge on any atom is 0.153 e. The predicted octanol–water partition coefficient (Wildman–Crippen LogP) is 0.939. The second kappa shape index (κ2) is 3.58. The predicted molar refractivity (Wildman–Crippen MR) is 54.3 cm³/mol. The lowest BCUT2D eigenvalue weighted by Gasteiger charge is -2.30. The molecule has 0 amide bonds. The van der Waals surface area contributed by atoms with E-state index in [1.165, 1.54) is 0 Å². The Balaban J connectivity index is 2.61. The Kier molecular flexibility index (Phi) is 3.02. The summed E-state index contributed by atoms with van der Waals surface area (Å²) in [6.45, 7) is 4.24. The van der Waals surface area contributed by atoms with Gasteiger partial charge in [-0.2, -0.15) is 0 Å². The van der Waals surface area contributed by atoms with E-state index in [1.807, 2.05) is 13.8 Å². The van der Waals surface area contributed by atoms with E-state index in [0.717, 1.165) is 19.3 Å². The number of nitrogens with two attached hydrogens (primary N) is 1. The molecular formula is C9H19NO2S. The minimum absolute atomic E-state index is 0.0710. The van der Waals surface area contributed by atoms with Crippen molar-refractivity contribution in [3.63, 3.8) is 0 Å². The van der Waals surface area contributed by atoms with Crippen molar-refractivity contribution in [3.8, 4) is 0 Å². The average Bonchev–Trinajstić information content (AvgIpc) is 1.79. The molecule has 13 heavy (non-hydrogen) atoms. The van der Waals surface area contributed by atoms with E-state index in [9.17, 15) is 8.42 Å². The summed E-state index contributed by atoms with van der Waals surface area (Å²) in [7, 11) is -2.87. The Bertz CT molecular complexity index is 265. The normalized spacial score (nSPS) is 19.9. The minimum Gasteiger partial charge on any atom is -0.330 e. The minimum atomic E-state index is -2.87. The topological polar surface area (TPSA) is 60.2 Å². The lowest BCUT2D eigenvalue weighted by atomic mass is 9.97. The SMILES string of the molecule is CC(C)(CN)CS(=O)(=O)C1CCC1. The van der Waals surface area contributed by atoms with Gasteiger partial charge in [0.05, 0.1) is 11.0 Å². The monoisotopic (exact) mass is 205 g/mol. The molecule has 0 unspecified atom stereocenters. The van der Waals surface area contributed by atoms with Crippen LogP contribution in [0.2, 0.25) is 0 Å². The van der Waals surface area contributed by atoms with Crippen LogP contribution in [0.4, 0.5) is 0 Å². The van der Waals surface area contributed by atoms with Gasteiger partial charge in [0.2, 0.25) is 0 Å². The molecule has 0 atom stereocenters. The zero-order valence-electron chi connectivity index (χ0n) is 8.41. The maximum atomic E-state index is 11.7. The molecule has 1 rings (SSSR count). The van der Waals surface area contributed by atoms with Crippen molar-refractivity contribution in [2.75, 3.05) is 12.3 Å². The van der Waals surface area contributed by atoms with Crippen molar-refractivity contribution in [2.45, 2.75) is 38.4 Å². The fourth-order valence-electron chi connectivity index (χ4n) is 1.45. The Morgan fingerprint density at radius 2 is 1.92 bits per heavy atom. The van der Waals surface area contributed by atoms with Crippen LogP contribution in [0.15, 0.2) is 0 Å². The van der Waals surface area contributed by atoms with Crippen molar-refractivity contribution in [1.82, 2.24) is 0 Å². The number of hydrogen-bond acceptors (Lipinski definition) is 3. The number of sulfone groups is 1. The zero-order chi connectivity index (χ0) is 10.1. The van der Waals surface area contributed by atoms with Gasteiger partial charge in [-0.3, -0.25) is 0 Å². The second-order valence-electron chi connectivity index (χ2n) is 4.73. The lowest BCUT2D eigenvalue weighted by Crippen LogP contribution is -2.38. The molecule has 0 radical (unpaired) electrons. The van der Waals surface area contributed by atoms with Crippen LogP contribution in [0.5, 0.6) is 0 Å². The Labute approximate surface area is 80.6 Å². The van der Waals surface area contributed by atoms with E-state index in [-0.39, 0.29) is 16.4 Å². The molecule has 0 heterocycles. The molecule has 0 aromatic rings. The van der Waals surface area contributed by atoms with E-state index >= 15 is 0 Å². The Hall–Kier alpha value is -0.0900. The van der Waals surface area contributed by atoms with Crippen LogP contribution in [0.1, 0.15) is 33.1 Å². The number of rotatable bonds is 4. The van der Waals surface area contributed by atoms with E-state index in [2.05, 4.69) is 0 Å². The molecule has 0 aliphatic heterocycles. The molecule has 1 fully saturated rings. The molecule has 4 heteroatoms. The fraction of sp³-hybridized carbons (Fsp3) is 1.00. The van der Waals surface area contributed by atoms with Crippen LogP contribution >= 0.6 is 0 Å². The van der Waals surface area contributed by atoms with E-state index in [0.29, 0.717) is 6.54 Å². The third-order valence-electron chi connectivity index (χ3n) is 2.70. The number of hydrogen-bond donors (Lipinski definition) is 1. The highest BCUT2D eigenvalue weighted by atomic mass is 32.2. The average molecular weight is 205 g/mol. The summed E-state index contributed by atoms with van der Waals surface area (Å²) < 4.78 is 23.5. The molecule has 3 nitrogen and oxygen atoms in total. The van der Waals surface area contributed by atoms with E-state index in [1.54, 1.807) is 0 Å². The van der Waals surface area contributed by atoms with Gasteiger partial charge in [0.1, 0.15) is 0 Å². The largest absolute Gasteiger partial charge is 0.330 e. The van der Waals surface area contributed by atoms with Crippen molar-refractivity contribution in [3.05, 3.63) is 0 Å². The standard InChI is InChI=1S/C9H19NO2S/c1-9(2,6-10)7-13(11,12)8-4-3-5-8/h8H,3-7,10H2,1-2H3. The zero-order valence-corrected chi connectivity index (χ0v) is 9.23. The fourth-order valence-corrected chi connectivity index (χ4v) is 3.95. The second-order valence-corrected chi connectivity index (χ2v) is 7.01. The highest BCUT2D eigenvalue weighted by Gasteiger charge is 2.35. The summed E-state index contributed by atoms with van der Waals surface area (Å²) in [5, 5.41) is -0.0710. The van der Waals surface area contributed by atoms with Gasteiger partial charge in [-0.1, -0.05) is 20.3 Å². The highest BCUT2D eigenvalue weighted by Crippen LogP contribution is 2.30.